The van der Waals surface area contributed by atoms with Crippen molar-refractivity contribution in [2.45, 2.75) is 31.4 Å². The van der Waals surface area contributed by atoms with Crippen LogP contribution in [0.25, 0.3) is 0 Å². The molecule has 2 N–H and O–H groups in total. The number of hydrogen-bond donors (Lipinski definition) is 1. The largest absolute Gasteiger partial charge is 0.473 e. The zero-order valence-corrected chi connectivity index (χ0v) is 11.5. The molecule has 0 spiro atoms. The molecule has 0 aliphatic heterocycles. The number of nitrogens with two attached hydrogens (primary N) is 1. The molecule has 0 saturated carbocycles. The minimum atomic E-state index is -0.256. The molecular formula is C11H17N3O3S. The molecule has 0 bridgehead atoms. The van der Waals surface area contributed by atoms with Crippen molar-refractivity contribution in [2.75, 3.05) is 18.6 Å². The van der Waals surface area contributed by atoms with Crippen molar-refractivity contribution in [1.29, 1.82) is 0 Å². The van der Waals surface area contributed by atoms with Gasteiger partial charge in [0.15, 0.2) is 0 Å². The smallest absolute Gasteiger partial charge is 0.306 e. The van der Waals surface area contributed by atoms with Crippen molar-refractivity contribution in [3.05, 3.63) is 6.33 Å². The Kier molecular flexibility index (Phi) is 5.70. The molecule has 1 rings (SSSR count). The fourth-order valence-corrected chi connectivity index (χ4v) is 1.96. The average molecular weight is 271 g/mol. The maximum absolute atomic E-state index is 11.0. The molecule has 0 saturated heterocycles. The van der Waals surface area contributed by atoms with Gasteiger partial charge in [0.1, 0.15) is 17.0 Å². The molecule has 100 valence electrons. The van der Waals surface area contributed by atoms with E-state index >= 15 is 0 Å². The molecule has 0 aliphatic rings. The summed E-state index contributed by atoms with van der Waals surface area (Å²) in [6.07, 6.45) is 1.70. The Balaban J connectivity index is 2.63. The molecule has 1 aromatic heterocycles. The van der Waals surface area contributed by atoms with E-state index in [0.717, 1.165) is 0 Å². The van der Waals surface area contributed by atoms with Gasteiger partial charge in [-0.25, -0.2) is 4.98 Å². The lowest BCUT2D eigenvalue weighted by atomic mass is 10.4. The molecule has 0 fully saturated rings. The Morgan fingerprint density at radius 1 is 1.50 bits per heavy atom. The highest BCUT2D eigenvalue weighted by atomic mass is 32.2. The Morgan fingerprint density at radius 3 is 2.83 bits per heavy atom. The second-order valence-corrected chi connectivity index (χ2v) is 4.82. The third-order valence-electron chi connectivity index (χ3n) is 1.93. The van der Waals surface area contributed by atoms with Crippen molar-refractivity contribution in [3.8, 4) is 5.88 Å². The Bertz CT molecular complexity index is 413. The molecule has 0 unspecified atom stereocenters. The number of nitrogens with zero attached hydrogens (tertiary/aromatic N) is 2. The van der Waals surface area contributed by atoms with E-state index < -0.39 is 0 Å². The van der Waals surface area contributed by atoms with Crippen LogP contribution in [0.5, 0.6) is 5.88 Å². The molecule has 6 nitrogen and oxygen atoms in total. The van der Waals surface area contributed by atoms with Gasteiger partial charge in [0, 0.05) is 5.75 Å². The number of hydrogen-bond acceptors (Lipinski definition) is 7. The fourth-order valence-electron chi connectivity index (χ4n) is 1.13. The van der Waals surface area contributed by atoms with E-state index in [1.807, 2.05) is 13.8 Å². The van der Waals surface area contributed by atoms with Crippen LogP contribution in [0.2, 0.25) is 0 Å². The predicted octanol–water partition coefficient (Wildman–Crippen LogP) is 1.50. The van der Waals surface area contributed by atoms with E-state index in [2.05, 4.69) is 14.7 Å². The number of ether oxygens (including phenoxy) is 2. The number of esters is 1. The average Bonchev–Trinajstić information content (AvgIpc) is 2.33. The molecule has 0 radical (unpaired) electrons. The summed E-state index contributed by atoms with van der Waals surface area (Å²) >= 11 is 1.38. The highest BCUT2D eigenvalue weighted by Gasteiger charge is 2.11. The Hall–Kier alpha value is -1.50. The predicted molar refractivity (Wildman–Crippen MR) is 69.6 cm³/mol. The molecule has 7 heteroatoms. The SMILES string of the molecule is COC(=O)CCSc1ncnc(OC(C)C)c1N. The number of methoxy groups -OCH3 is 1. The van der Waals surface area contributed by atoms with Gasteiger partial charge >= 0.3 is 5.97 Å². The highest BCUT2D eigenvalue weighted by molar-refractivity contribution is 7.99. The zero-order valence-electron chi connectivity index (χ0n) is 10.7. The van der Waals surface area contributed by atoms with Crippen molar-refractivity contribution in [1.82, 2.24) is 9.97 Å². The maximum Gasteiger partial charge on any atom is 0.306 e. The normalized spacial score (nSPS) is 10.4. The van der Waals surface area contributed by atoms with Crippen LogP contribution in [0.1, 0.15) is 20.3 Å². The molecule has 1 heterocycles. The highest BCUT2D eigenvalue weighted by Crippen LogP contribution is 2.29. The number of thioether (sulfide) groups is 1. The monoisotopic (exact) mass is 271 g/mol. The summed E-state index contributed by atoms with van der Waals surface area (Å²) in [5.74, 6) is 0.670. The Labute approximate surface area is 110 Å². The van der Waals surface area contributed by atoms with Gasteiger partial charge in [0.05, 0.1) is 19.6 Å². The third-order valence-corrected chi connectivity index (χ3v) is 2.94. The van der Waals surface area contributed by atoms with Crippen molar-refractivity contribution in [3.63, 3.8) is 0 Å². The van der Waals surface area contributed by atoms with E-state index in [0.29, 0.717) is 28.8 Å². The van der Waals surface area contributed by atoms with E-state index in [9.17, 15) is 4.79 Å². The third kappa shape index (κ3) is 4.40. The van der Waals surface area contributed by atoms with Crippen LogP contribution in [0.4, 0.5) is 5.69 Å². The first kappa shape index (κ1) is 14.6. The lowest BCUT2D eigenvalue weighted by molar-refractivity contribution is -0.140. The second kappa shape index (κ2) is 7.05. The fraction of sp³-hybridized carbons (Fsp3) is 0.545. The first-order valence-corrected chi connectivity index (χ1v) is 6.50. The molecule has 0 atom stereocenters. The topological polar surface area (TPSA) is 87.3 Å². The number of rotatable bonds is 6. The van der Waals surface area contributed by atoms with E-state index in [-0.39, 0.29) is 12.1 Å². The second-order valence-electron chi connectivity index (χ2n) is 3.74. The van der Waals surface area contributed by atoms with Crippen molar-refractivity contribution >= 4 is 23.4 Å². The summed E-state index contributed by atoms with van der Waals surface area (Å²) in [5.41, 5.74) is 6.30. The number of nitrogen functional groups attached to an aromatic ring is 1. The van der Waals surface area contributed by atoms with Crippen molar-refractivity contribution in [2.24, 2.45) is 0 Å². The summed E-state index contributed by atoms with van der Waals surface area (Å²) in [4.78, 5) is 19.0. The number of aromatic nitrogens is 2. The van der Waals surface area contributed by atoms with Crippen LogP contribution < -0.4 is 10.5 Å². The summed E-state index contributed by atoms with van der Waals surface area (Å²) in [6.45, 7) is 3.79. The molecule has 0 amide bonds. The van der Waals surface area contributed by atoms with Gasteiger partial charge in [-0.3, -0.25) is 4.79 Å². The lowest BCUT2D eigenvalue weighted by Crippen LogP contribution is -2.10. The molecule has 18 heavy (non-hydrogen) atoms. The van der Waals surface area contributed by atoms with E-state index in [4.69, 9.17) is 10.5 Å². The summed E-state index contributed by atoms with van der Waals surface area (Å²) in [6, 6.07) is 0. The number of anilines is 1. The number of carbonyl (C=O) groups excluding carboxylic acids is 1. The number of carbonyl (C=O) groups is 1. The molecular weight excluding hydrogens is 254 g/mol. The standard InChI is InChI=1S/C11H17N3O3S/c1-7(2)17-10-9(12)11(14-6-13-10)18-5-4-8(15)16-3/h6-7H,4-5,12H2,1-3H3. The van der Waals surface area contributed by atoms with Crippen LogP contribution in [-0.4, -0.2) is 34.9 Å². The van der Waals surface area contributed by atoms with Gasteiger partial charge in [-0.1, -0.05) is 0 Å². The molecule has 0 aromatic carbocycles. The summed E-state index contributed by atoms with van der Waals surface area (Å²) in [5, 5.41) is 0.615. The first-order valence-electron chi connectivity index (χ1n) is 5.51. The van der Waals surface area contributed by atoms with Gasteiger partial charge in [-0.2, -0.15) is 4.98 Å². The van der Waals surface area contributed by atoms with Gasteiger partial charge in [-0.05, 0) is 13.8 Å². The van der Waals surface area contributed by atoms with Gasteiger partial charge in [0.2, 0.25) is 5.88 Å². The van der Waals surface area contributed by atoms with Gasteiger partial charge in [-0.15, -0.1) is 11.8 Å². The zero-order chi connectivity index (χ0) is 13.5. The van der Waals surface area contributed by atoms with Crippen LogP contribution in [0.15, 0.2) is 11.4 Å². The van der Waals surface area contributed by atoms with Gasteiger partial charge in [0.25, 0.3) is 0 Å². The van der Waals surface area contributed by atoms with Crippen molar-refractivity contribution < 1.29 is 14.3 Å². The summed E-state index contributed by atoms with van der Waals surface area (Å²) in [7, 11) is 1.36. The van der Waals surface area contributed by atoms with Crippen LogP contribution in [0.3, 0.4) is 0 Å². The first-order chi connectivity index (χ1) is 8.54. The molecule has 0 aliphatic carbocycles. The minimum Gasteiger partial charge on any atom is -0.473 e. The van der Waals surface area contributed by atoms with E-state index in [1.54, 1.807) is 0 Å². The molecule has 1 aromatic rings. The quantitative estimate of drug-likeness (QED) is 0.476. The van der Waals surface area contributed by atoms with Crippen LogP contribution >= 0.6 is 11.8 Å². The summed E-state index contributed by atoms with van der Waals surface area (Å²) < 4.78 is 10.0. The minimum absolute atomic E-state index is 0.00452. The van der Waals surface area contributed by atoms with Gasteiger partial charge < -0.3 is 15.2 Å². The van der Waals surface area contributed by atoms with E-state index in [1.165, 1.54) is 25.2 Å². The van der Waals surface area contributed by atoms with Crippen LogP contribution in [0, 0.1) is 0 Å². The Morgan fingerprint density at radius 2 is 2.22 bits per heavy atom. The lowest BCUT2D eigenvalue weighted by Gasteiger charge is -2.12. The maximum atomic E-state index is 11.0. The van der Waals surface area contributed by atoms with Crippen LogP contribution in [-0.2, 0) is 9.53 Å².